The first-order chi connectivity index (χ1) is 9.43. The summed E-state index contributed by atoms with van der Waals surface area (Å²) in [5.41, 5.74) is 0.0128. The van der Waals surface area contributed by atoms with E-state index in [4.69, 9.17) is 12.2 Å². The van der Waals surface area contributed by atoms with Crippen LogP contribution in [0.15, 0.2) is 27.7 Å². The van der Waals surface area contributed by atoms with Crippen molar-refractivity contribution >= 4 is 59.6 Å². The fourth-order valence-electron chi connectivity index (χ4n) is 2.25. The standard InChI is InChI=1S/C10H10BrNO6P2S/c1-5-10(19(13,14)15,20(16,17)18)9(21)7-4-6(11)2-3-8(7)12-5/h2-4H,1H3,(H2,13,14,15)(H2,16,17,18). The summed E-state index contributed by atoms with van der Waals surface area (Å²) in [6, 6.07) is 4.60. The van der Waals surface area contributed by atoms with Crippen LogP contribution in [-0.4, -0.2) is 35.0 Å². The van der Waals surface area contributed by atoms with E-state index in [1.54, 1.807) is 12.1 Å². The fourth-order valence-corrected chi connectivity index (χ4v) is 6.71. The fraction of sp³-hybridized carbons (Fsp3) is 0.200. The highest BCUT2D eigenvalue weighted by Gasteiger charge is 2.67. The predicted octanol–water partition coefficient (Wildman–Crippen LogP) is 2.32. The number of hydrogen-bond acceptors (Lipinski definition) is 4. The molecule has 0 spiro atoms. The average Bonchev–Trinajstić information content (AvgIpc) is 2.27. The molecule has 11 heteroatoms. The van der Waals surface area contributed by atoms with Gasteiger partial charge in [0.1, 0.15) is 0 Å². The van der Waals surface area contributed by atoms with Gasteiger partial charge in [0.2, 0.25) is 4.90 Å². The Hall–Kier alpha value is -0.240. The van der Waals surface area contributed by atoms with E-state index >= 15 is 0 Å². The quantitative estimate of drug-likeness (QED) is 0.432. The Morgan fingerprint density at radius 3 is 2.19 bits per heavy atom. The molecule has 0 radical (unpaired) electrons. The molecule has 0 amide bonds. The van der Waals surface area contributed by atoms with E-state index in [2.05, 4.69) is 20.9 Å². The molecule has 21 heavy (non-hydrogen) atoms. The maximum atomic E-state index is 11.9. The molecule has 0 fully saturated rings. The molecule has 0 atom stereocenters. The number of fused-ring (bicyclic) bond motifs is 1. The van der Waals surface area contributed by atoms with Crippen LogP contribution in [0.25, 0.3) is 0 Å². The lowest BCUT2D eigenvalue weighted by Gasteiger charge is -2.37. The Kier molecular flexibility index (Phi) is 4.20. The zero-order valence-electron chi connectivity index (χ0n) is 10.5. The number of thiocarbonyl (C=S) groups is 1. The lowest BCUT2D eigenvalue weighted by molar-refractivity contribution is 0.341. The minimum atomic E-state index is -5.33. The normalized spacial score (nSPS) is 18.2. The molecule has 0 aromatic heterocycles. The summed E-state index contributed by atoms with van der Waals surface area (Å²) in [7, 11) is -10.7. The molecule has 1 heterocycles. The van der Waals surface area contributed by atoms with Gasteiger partial charge in [-0.05, 0) is 25.1 Å². The van der Waals surface area contributed by atoms with Crippen molar-refractivity contribution in [3.8, 4) is 0 Å². The van der Waals surface area contributed by atoms with Crippen molar-refractivity contribution in [2.45, 2.75) is 11.8 Å². The first-order valence-corrected chi connectivity index (χ1v) is 9.87. The van der Waals surface area contributed by atoms with Crippen molar-refractivity contribution in [3.63, 3.8) is 0 Å². The molecule has 0 unspecified atom stereocenters. The van der Waals surface area contributed by atoms with Gasteiger partial charge in [0.05, 0.1) is 16.3 Å². The molecular formula is C10H10BrNO6P2S. The van der Waals surface area contributed by atoms with Crippen molar-refractivity contribution in [2.24, 2.45) is 4.99 Å². The van der Waals surface area contributed by atoms with Crippen LogP contribution in [0.1, 0.15) is 12.5 Å². The third-order valence-corrected chi connectivity index (χ3v) is 8.82. The second-order valence-corrected chi connectivity index (χ2v) is 9.64. The van der Waals surface area contributed by atoms with Crippen LogP contribution in [0.2, 0.25) is 0 Å². The minimum Gasteiger partial charge on any atom is -0.323 e. The summed E-state index contributed by atoms with van der Waals surface area (Å²) in [4.78, 5) is 39.0. The SMILES string of the molecule is CC1=Nc2ccc(Br)cc2C(=S)C1(P(=O)(O)O)P(=O)(O)O. The van der Waals surface area contributed by atoms with Gasteiger partial charge in [-0.3, -0.25) is 14.1 Å². The second kappa shape index (κ2) is 5.15. The van der Waals surface area contributed by atoms with Crippen molar-refractivity contribution in [1.29, 1.82) is 0 Å². The van der Waals surface area contributed by atoms with Gasteiger partial charge in [0, 0.05) is 10.0 Å². The Morgan fingerprint density at radius 1 is 1.19 bits per heavy atom. The van der Waals surface area contributed by atoms with Gasteiger partial charge in [0.25, 0.3) is 0 Å². The van der Waals surface area contributed by atoms with Gasteiger partial charge in [-0.15, -0.1) is 0 Å². The van der Waals surface area contributed by atoms with Crippen LogP contribution in [0.4, 0.5) is 5.69 Å². The monoisotopic (exact) mass is 413 g/mol. The van der Waals surface area contributed by atoms with Crippen LogP contribution < -0.4 is 0 Å². The lowest BCUT2D eigenvalue weighted by atomic mass is 10.0. The minimum absolute atomic E-state index is 0.108. The molecule has 0 aliphatic carbocycles. The molecule has 7 nitrogen and oxygen atoms in total. The van der Waals surface area contributed by atoms with Crippen LogP contribution in [0.3, 0.4) is 0 Å². The molecule has 0 saturated carbocycles. The summed E-state index contributed by atoms with van der Waals surface area (Å²) in [6.07, 6.45) is 0. The molecule has 4 N–H and O–H groups in total. The molecule has 2 rings (SSSR count). The first-order valence-electron chi connectivity index (χ1n) is 5.44. The van der Waals surface area contributed by atoms with Gasteiger partial charge >= 0.3 is 15.2 Å². The van der Waals surface area contributed by atoms with E-state index in [-0.39, 0.29) is 5.56 Å². The Balaban J connectivity index is 2.92. The Morgan fingerprint density at radius 2 is 1.71 bits per heavy atom. The zero-order valence-corrected chi connectivity index (χ0v) is 14.7. The van der Waals surface area contributed by atoms with Crippen LogP contribution in [0.5, 0.6) is 0 Å². The van der Waals surface area contributed by atoms with Crippen molar-refractivity contribution in [1.82, 2.24) is 0 Å². The number of nitrogens with zero attached hydrogens (tertiary/aromatic N) is 1. The Labute approximate surface area is 133 Å². The molecule has 1 aliphatic heterocycles. The highest BCUT2D eigenvalue weighted by Crippen LogP contribution is 2.72. The number of benzene rings is 1. The van der Waals surface area contributed by atoms with Gasteiger partial charge in [-0.1, -0.05) is 28.1 Å². The predicted molar refractivity (Wildman–Crippen MR) is 85.4 cm³/mol. The summed E-state index contributed by atoms with van der Waals surface area (Å²) in [5.74, 6) is 0. The van der Waals surface area contributed by atoms with E-state index in [0.29, 0.717) is 10.2 Å². The molecule has 1 aromatic carbocycles. The van der Waals surface area contributed by atoms with Gasteiger partial charge < -0.3 is 19.6 Å². The summed E-state index contributed by atoms with van der Waals surface area (Å²) >= 11 is 8.22. The zero-order chi connectivity index (χ0) is 16.2. The molecular weight excluding hydrogens is 404 g/mol. The van der Waals surface area contributed by atoms with E-state index in [9.17, 15) is 28.7 Å². The van der Waals surface area contributed by atoms with Gasteiger partial charge in [0.15, 0.2) is 0 Å². The maximum Gasteiger partial charge on any atom is 0.354 e. The highest BCUT2D eigenvalue weighted by atomic mass is 79.9. The van der Waals surface area contributed by atoms with Crippen LogP contribution >= 0.6 is 43.3 Å². The largest absolute Gasteiger partial charge is 0.354 e. The summed E-state index contributed by atoms with van der Waals surface area (Å²) in [5, 5.41) is 0. The van der Waals surface area contributed by atoms with Crippen LogP contribution in [0, 0.1) is 0 Å². The first kappa shape index (κ1) is 17.1. The molecule has 114 valence electrons. The summed E-state index contributed by atoms with van der Waals surface area (Å²) < 4.78 is 24.3. The third kappa shape index (κ3) is 2.42. The topological polar surface area (TPSA) is 127 Å². The third-order valence-electron chi connectivity index (χ3n) is 3.16. The van der Waals surface area contributed by atoms with Crippen molar-refractivity contribution < 1.29 is 28.7 Å². The van der Waals surface area contributed by atoms with Gasteiger partial charge in [-0.2, -0.15) is 0 Å². The smallest absolute Gasteiger partial charge is 0.323 e. The molecule has 0 saturated heterocycles. The number of aliphatic imine (C=N–C) groups is 1. The number of rotatable bonds is 2. The van der Waals surface area contributed by atoms with Gasteiger partial charge in [-0.25, -0.2) is 0 Å². The second-order valence-electron chi connectivity index (χ2n) is 4.45. The molecule has 1 aliphatic rings. The summed E-state index contributed by atoms with van der Waals surface area (Å²) in [6.45, 7) is 1.15. The van der Waals surface area contributed by atoms with Crippen LogP contribution in [-0.2, 0) is 9.13 Å². The number of hydrogen-bond donors (Lipinski definition) is 4. The molecule has 0 bridgehead atoms. The Bertz CT molecular complexity index is 745. The van der Waals surface area contributed by atoms with E-state index in [1.807, 2.05) is 0 Å². The lowest BCUT2D eigenvalue weighted by Crippen LogP contribution is -2.46. The van der Waals surface area contributed by atoms with E-state index < -0.39 is 30.7 Å². The van der Waals surface area contributed by atoms with E-state index in [0.717, 1.165) is 6.92 Å². The van der Waals surface area contributed by atoms with E-state index in [1.165, 1.54) is 6.07 Å². The maximum absolute atomic E-state index is 11.9. The average molecular weight is 414 g/mol. The van der Waals surface area contributed by atoms with Crippen molar-refractivity contribution in [3.05, 3.63) is 28.2 Å². The molecule has 1 aromatic rings. The van der Waals surface area contributed by atoms with Crippen molar-refractivity contribution in [2.75, 3.05) is 0 Å². The highest BCUT2D eigenvalue weighted by molar-refractivity contribution is 9.10. The number of halogens is 1.